The van der Waals surface area contributed by atoms with Crippen LogP contribution in [0, 0.1) is 18.3 Å². The molecule has 0 unspecified atom stereocenters. The molecule has 3 aliphatic carbocycles. The zero-order valence-corrected chi connectivity index (χ0v) is 14.9. The predicted molar refractivity (Wildman–Crippen MR) is 98.3 cm³/mol. The van der Waals surface area contributed by atoms with Crippen LogP contribution in [0.4, 0.5) is 0 Å². The lowest BCUT2D eigenvalue weighted by molar-refractivity contribution is 0.0598. The summed E-state index contributed by atoms with van der Waals surface area (Å²) >= 11 is 0. The largest absolute Gasteiger partial charge is 0.351 e. The quantitative estimate of drug-likeness (QED) is 0.871. The van der Waals surface area contributed by atoms with Gasteiger partial charge >= 0.3 is 0 Å². The van der Waals surface area contributed by atoms with Gasteiger partial charge in [-0.15, -0.1) is 0 Å². The van der Waals surface area contributed by atoms with Gasteiger partial charge in [0.15, 0.2) is 0 Å². The monoisotopic (exact) mass is 324 g/mol. The number of benzene rings is 1. The highest BCUT2D eigenvalue weighted by atomic mass is 16.1. The van der Waals surface area contributed by atoms with E-state index in [9.17, 15) is 4.79 Å². The van der Waals surface area contributed by atoms with E-state index < -0.39 is 0 Å². The maximum atomic E-state index is 12.9. The number of aromatic nitrogens is 1. The van der Waals surface area contributed by atoms with Crippen molar-refractivity contribution in [3.05, 3.63) is 35.5 Å². The third kappa shape index (κ3) is 2.54. The lowest BCUT2D eigenvalue weighted by atomic mass is 9.61. The summed E-state index contributed by atoms with van der Waals surface area (Å²) in [6, 6.07) is 6.29. The van der Waals surface area contributed by atoms with Crippen LogP contribution in [0.15, 0.2) is 24.4 Å². The number of carbonyl (C=O) groups excluding carboxylic acids is 1. The van der Waals surface area contributed by atoms with Crippen molar-refractivity contribution in [2.24, 2.45) is 11.3 Å². The second-order valence-electron chi connectivity index (χ2n) is 7.96. The molecule has 0 radical (unpaired) electrons. The van der Waals surface area contributed by atoms with Crippen molar-refractivity contribution in [3.63, 3.8) is 0 Å². The minimum Gasteiger partial charge on any atom is -0.351 e. The average molecular weight is 324 g/mol. The molecule has 1 N–H and O–H groups in total. The third-order valence-electron chi connectivity index (χ3n) is 6.57. The molecule has 3 saturated carbocycles. The predicted octanol–water partition coefficient (Wildman–Crippen LogP) is 4.67. The molecule has 1 heterocycles. The average Bonchev–Trinajstić information content (AvgIpc) is 3.02. The molecule has 3 nitrogen and oxygen atoms in total. The fraction of sp³-hybridized carbons (Fsp3) is 0.571. The van der Waals surface area contributed by atoms with E-state index in [1.165, 1.54) is 49.6 Å². The van der Waals surface area contributed by atoms with Crippen molar-refractivity contribution in [2.45, 2.75) is 58.9 Å². The SMILES string of the molecule is CCn1cc(C(=O)NCC23CCC(CC2)CC3)c2c(C)cccc21. The molecule has 1 amide bonds. The van der Waals surface area contributed by atoms with E-state index in [0.717, 1.165) is 30.0 Å². The molecule has 0 atom stereocenters. The summed E-state index contributed by atoms with van der Waals surface area (Å²) in [4.78, 5) is 12.9. The van der Waals surface area contributed by atoms with Gasteiger partial charge in [-0.2, -0.15) is 0 Å². The first-order chi connectivity index (χ1) is 11.6. The smallest absolute Gasteiger partial charge is 0.253 e. The number of fused-ring (bicyclic) bond motifs is 4. The Bertz CT molecular complexity index is 752. The third-order valence-corrected chi connectivity index (χ3v) is 6.57. The van der Waals surface area contributed by atoms with Crippen molar-refractivity contribution >= 4 is 16.8 Å². The summed E-state index contributed by atoms with van der Waals surface area (Å²) in [6.45, 7) is 5.96. The van der Waals surface area contributed by atoms with Crippen LogP contribution in [0.2, 0.25) is 0 Å². The Morgan fingerprint density at radius 3 is 2.62 bits per heavy atom. The van der Waals surface area contributed by atoms with Crippen LogP contribution in [0.25, 0.3) is 10.9 Å². The second kappa shape index (κ2) is 5.94. The molecule has 24 heavy (non-hydrogen) atoms. The summed E-state index contributed by atoms with van der Waals surface area (Å²) in [5.74, 6) is 1.07. The molecule has 3 heteroatoms. The van der Waals surface area contributed by atoms with Gasteiger partial charge in [0.05, 0.1) is 5.56 Å². The van der Waals surface area contributed by atoms with Gasteiger partial charge in [-0.1, -0.05) is 12.1 Å². The van der Waals surface area contributed by atoms with Gasteiger partial charge in [0.1, 0.15) is 0 Å². The van der Waals surface area contributed by atoms with Crippen molar-refractivity contribution in [1.82, 2.24) is 9.88 Å². The van der Waals surface area contributed by atoms with E-state index in [2.05, 4.69) is 41.9 Å². The lowest BCUT2D eigenvalue weighted by Crippen LogP contribution is -2.43. The Balaban J connectivity index is 1.57. The first kappa shape index (κ1) is 15.7. The van der Waals surface area contributed by atoms with Crippen LogP contribution in [0.5, 0.6) is 0 Å². The van der Waals surface area contributed by atoms with E-state index in [0.29, 0.717) is 5.41 Å². The molecule has 1 aromatic carbocycles. The Kier molecular flexibility index (Phi) is 3.90. The summed E-state index contributed by atoms with van der Waals surface area (Å²) < 4.78 is 2.18. The summed E-state index contributed by atoms with van der Waals surface area (Å²) in [6.07, 6.45) is 10.0. The fourth-order valence-corrected chi connectivity index (χ4v) is 4.93. The summed E-state index contributed by atoms with van der Waals surface area (Å²) in [5, 5.41) is 4.40. The van der Waals surface area contributed by atoms with E-state index in [4.69, 9.17) is 0 Å². The molecule has 0 spiro atoms. The fourth-order valence-electron chi connectivity index (χ4n) is 4.93. The Morgan fingerprint density at radius 1 is 1.25 bits per heavy atom. The summed E-state index contributed by atoms with van der Waals surface area (Å²) in [7, 11) is 0. The van der Waals surface area contributed by atoms with Crippen molar-refractivity contribution in [3.8, 4) is 0 Å². The van der Waals surface area contributed by atoms with Crippen molar-refractivity contribution in [2.75, 3.05) is 6.54 Å². The van der Waals surface area contributed by atoms with Crippen molar-refractivity contribution in [1.29, 1.82) is 0 Å². The molecule has 5 rings (SSSR count). The first-order valence-electron chi connectivity index (χ1n) is 9.48. The molecule has 2 bridgehead atoms. The molecule has 128 valence electrons. The van der Waals surface area contributed by atoms with Gasteiger partial charge in [-0.3, -0.25) is 4.79 Å². The van der Waals surface area contributed by atoms with Gasteiger partial charge in [-0.05, 0) is 75.3 Å². The zero-order chi connectivity index (χ0) is 16.7. The maximum absolute atomic E-state index is 12.9. The highest BCUT2D eigenvalue weighted by Gasteiger charge is 2.40. The summed E-state index contributed by atoms with van der Waals surface area (Å²) in [5.41, 5.74) is 3.56. The lowest BCUT2D eigenvalue weighted by Gasteiger charge is -2.46. The number of amides is 1. The Labute approximate surface area is 144 Å². The minimum absolute atomic E-state index is 0.101. The van der Waals surface area contributed by atoms with Crippen LogP contribution in [0.3, 0.4) is 0 Å². The molecule has 1 aromatic heterocycles. The molecule has 0 aliphatic heterocycles. The number of nitrogens with one attached hydrogen (secondary N) is 1. The molecule has 0 saturated heterocycles. The van der Waals surface area contributed by atoms with Gasteiger partial charge in [0, 0.05) is 30.2 Å². The first-order valence-corrected chi connectivity index (χ1v) is 9.48. The maximum Gasteiger partial charge on any atom is 0.253 e. The zero-order valence-electron chi connectivity index (χ0n) is 14.9. The number of carbonyl (C=O) groups is 1. The second-order valence-corrected chi connectivity index (χ2v) is 7.96. The number of aryl methyl sites for hydroxylation is 2. The van der Waals surface area contributed by atoms with Gasteiger partial charge in [0.25, 0.3) is 5.91 Å². The van der Waals surface area contributed by atoms with Crippen LogP contribution >= 0.6 is 0 Å². The van der Waals surface area contributed by atoms with Crippen LogP contribution in [-0.2, 0) is 6.54 Å². The normalized spacial score (nSPS) is 26.0. The number of rotatable bonds is 4. The van der Waals surface area contributed by atoms with Gasteiger partial charge < -0.3 is 9.88 Å². The van der Waals surface area contributed by atoms with E-state index in [1.807, 2.05) is 6.20 Å². The topological polar surface area (TPSA) is 34.0 Å². The van der Waals surface area contributed by atoms with Crippen LogP contribution < -0.4 is 5.32 Å². The number of nitrogens with zero attached hydrogens (tertiary/aromatic N) is 1. The van der Waals surface area contributed by atoms with E-state index in [1.54, 1.807) is 0 Å². The Morgan fingerprint density at radius 2 is 1.96 bits per heavy atom. The molecule has 3 fully saturated rings. The number of hydrogen-bond acceptors (Lipinski definition) is 1. The highest BCUT2D eigenvalue weighted by Crippen LogP contribution is 2.49. The highest BCUT2D eigenvalue weighted by molar-refractivity contribution is 6.08. The van der Waals surface area contributed by atoms with E-state index in [-0.39, 0.29) is 5.91 Å². The standard InChI is InChI=1S/C21H28N2O/c1-3-23-13-17(19-15(2)5-4-6-18(19)23)20(24)22-14-21-10-7-16(8-11-21)9-12-21/h4-6,13,16H,3,7-12,14H2,1-2H3,(H,22,24). The van der Waals surface area contributed by atoms with Crippen LogP contribution in [-0.4, -0.2) is 17.0 Å². The number of hydrogen-bond donors (Lipinski definition) is 1. The Hall–Kier alpha value is -1.77. The minimum atomic E-state index is 0.101. The molecule has 2 aromatic rings. The molecular formula is C21H28N2O. The van der Waals surface area contributed by atoms with Crippen LogP contribution in [0.1, 0.15) is 61.4 Å². The van der Waals surface area contributed by atoms with Crippen molar-refractivity contribution < 1.29 is 4.79 Å². The molecule has 3 aliphatic rings. The molecular weight excluding hydrogens is 296 g/mol. The van der Waals surface area contributed by atoms with Gasteiger partial charge in [-0.25, -0.2) is 0 Å². The van der Waals surface area contributed by atoms with E-state index >= 15 is 0 Å². The van der Waals surface area contributed by atoms with Gasteiger partial charge in [0.2, 0.25) is 0 Å².